The first kappa shape index (κ1) is 6.43. The fraction of sp³-hybridized carbons (Fsp3) is 0.750. The standard InChI is InChI=1S/C4H8NO2/c1-3-5-7-4(2)6/h3H2,1-2H3. The first-order chi connectivity index (χ1) is 3.27. The first-order valence-corrected chi connectivity index (χ1v) is 2.11. The van der Waals surface area contributed by atoms with Gasteiger partial charge in [-0.3, -0.25) is 4.79 Å². The van der Waals surface area contributed by atoms with Gasteiger partial charge < -0.3 is 4.84 Å². The fourth-order valence-electron chi connectivity index (χ4n) is 0.155. The quantitative estimate of drug-likeness (QED) is 0.463. The van der Waals surface area contributed by atoms with E-state index in [9.17, 15) is 4.79 Å². The van der Waals surface area contributed by atoms with Gasteiger partial charge in [0.2, 0.25) is 0 Å². The van der Waals surface area contributed by atoms with Gasteiger partial charge in [-0.25, -0.2) is 0 Å². The third-order valence-electron chi connectivity index (χ3n) is 0.322. The van der Waals surface area contributed by atoms with E-state index in [-0.39, 0.29) is 5.97 Å². The molecule has 0 heterocycles. The van der Waals surface area contributed by atoms with Crippen LogP contribution < -0.4 is 5.48 Å². The summed E-state index contributed by atoms with van der Waals surface area (Å²) >= 11 is 0. The van der Waals surface area contributed by atoms with E-state index >= 15 is 0 Å². The molecule has 0 spiro atoms. The predicted molar refractivity (Wildman–Crippen MR) is 24.4 cm³/mol. The smallest absolute Gasteiger partial charge is 0.324 e. The Morgan fingerprint density at radius 3 is 2.57 bits per heavy atom. The van der Waals surface area contributed by atoms with E-state index in [0.717, 1.165) is 0 Å². The summed E-state index contributed by atoms with van der Waals surface area (Å²) in [5, 5.41) is 0. The number of rotatable bonds is 2. The van der Waals surface area contributed by atoms with Crippen molar-refractivity contribution in [2.45, 2.75) is 13.8 Å². The molecule has 0 N–H and O–H groups in total. The Kier molecular flexibility index (Phi) is 3.32. The van der Waals surface area contributed by atoms with E-state index < -0.39 is 0 Å². The normalized spacial score (nSPS) is 8.29. The lowest BCUT2D eigenvalue weighted by molar-refractivity contribution is -0.148. The molecule has 0 aliphatic heterocycles. The maximum atomic E-state index is 9.89. The summed E-state index contributed by atoms with van der Waals surface area (Å²) in [7, 11) is 0. The van der Waals surface area contributed by atoms with Crippen molar-refractivity contribution in [2.24, 2.45) is 0 Å². The molecule has 0 aliphatic rings. The number of hydrogen-bond donors (Lipinski definition) is 0. The molecule has 0 amide bonds. The van der Waals surface area contributed by atoms with E-state index in [1.54, 1.807) is 6.92 Å². The SMILES string of the molecule is CC[N]OC(C)=O. The molecule has 0 rings (SSSR count). The molecule has 0 bridgehead atoms. The largest absolute Gasteiger partial charge is 0.350 e. The van der Waals surface area contributed by atoms with Gasteiger partial charge in [0.05, 0.1) is 6.54 Å². The highest BCUT2D eigenvalue weighted by molar-refractivity contribution is 5.65. The Hall–Kier alpha value is -0.570. The first-order valence-electron chi connectivity index (χ1n) is 2.11. The summed E-state index contributed by atoms with van der Waals surface area (Å²) in [4.78, 5) is 14.1. The Bertz CT molecular complexity index is 62.7. The van der Waals surface area contributed by atoms with Crippen molar-refractivity contribution in [3.63, 3.8) is 0 Å². The Labute approximate surface area is 42.6 Å². The van der Waals surface area contributed by atoms with Crippen LogP contribution in [0.1, 0.15) is 13.8 Å². The van der Waals surface area contributed by atoms with E-state index in [4.69, 9.17) is 0 Å². The summed E-state index contributed by atoms with van der Waals surface area (Å²) in [6, 6.07) is 0. The van der Waals surface area contributed by atoms with Crippen molar-refractivity contribution in [1.82, 2.24) is 5.48 Å². The van der Waals surface area contributed by atoms with Crippen LogP contribution in [0.2, 0.25) is 0 Å². The molecule has 0 atom stereocenters. The second-order valence-corrected chi connectivity index (χ2v) is 1.03. The predicted octanol–water partition coefficient (Wildman–Crippen LogP) is 0.0888. The third kappa shape index (κ3) is 5.43. The third-order valence-corrected chi connectivity index (χ3v) is 0.322. The van der Waals surface area contributed by atoms with Gasteiger partial charge in [0, 0.05) is 6.92 Å². The van der Waals surface area contributed by atoms with Crippen LogP contribution >= 0.6 is 0 Å². The molecule has 0 aliphatic carbocycles. The summed E-state index contributed by atoms with van der Waals surface area (Å²) in [5.74, 6) is -0.359. The number of carbonyl (C=O) groups is 1. The topological polar surface area (TPSA) is 40.4 Å². The van der Waals surface area contributed by atoms with Crippen LogP contribution in [0.15, 0.2) is 0 Å². The molecule has 1 radical (unpaired) electrons. The monoisotopic (exact) mass is 102 g/mol. The molecular formula is C4H8NO2. The van der Waals surface area contributed by atoms with Crippen molar-refractivity contribution < 1.29 is 9.63 Å². The van der Waals surface area contributed by atoms with Gasteiger partial charge in [-0.1, -0.05) is 0 Å². The number of hydrogen-bond acceptors (Lipinski definition) is 2. The number of hydroxylamine groups is 1. The molecule has 0 aromatic carbocycles. The molecule has 0 aromatic rings. The average Bonchev–Trinajstić information content (AvgIpc) is 1.61. The summed E-state index contributed by atoms with van der Waals surface area (Å²) in [6.45, 7) is 3.64. The van der Waals surface area contributed by atoms with Gasteiger partial charge in [0.15, 0.2) is 0 Å². The van der Waals surface area contributed by atoms with Crippen LogP contribution in [-0.4, -0.2) is 12.5 Å². The second-order valence-electron chi connectivity index (χ2n) is 1.03. The molecule has 7 heavy (non-hydrogen) atoms. The molecule has 0 saturated carbocycles. The van der Waals surface area contributed by atoms with Crippen LogP contribution in [0, 0.1) is 0 Å². The maximum absolute atomic E-state index is 9.89. The zero-order valence-electron chi connectivity index (χ0n) is 4.47. The summed E-state index contributed by atoms with van der Waals surface area (Å²) in [5.41, 5.74) is 3.32. The molecule has 0 aromatic heterocycles. The Balaban J connectivity index is 2.82. The van der Waals surface area contributed by atoms with Gasteiger partial charge in [-0.05, 0) is 12.4 Å². The van der Waals surface area contributed by atoms with Crippen LogP contribution in [-0.2, 0) is 9.63 Å². The summed E-state index contributed by atoms with van der Waals surface area (Å²) in [6.07, 6.45) is 0. The average molecular weight is 102 g/mol. The van der Waals surface area contributed by atoms with Gasteiger partial charge in [0.25, 0.3) is 0 Å². The van der Waals surface area contributed by atoms with Crippen molar-refractivity contribution in [3.8, 4) is 0 Å². The second kappa shape index (κ2) is 3.61. The molecule has 3 heteroatoms. The van der Waals surface area contributed by atoms with Crippen molar-refractivity contribution in [3.05, 3.63) is 0 Å². The zero-order chi connectivity index (χ0) is 5.70. The lowest BCUT2D eigenvalue weighted by atomic mass is 10.8. The fourth-order valence-corrected chi connectivity index (χ4v) is 0.155. The highest BCUT2D eigenvalue weighted by Crippen LogP contribution is 1.67. The van der Waals surface area contributed by atoms with Crippen LogP contribution in [0.3, 0.4) is 0 Å². The van der Waals surface area contributed by atoms with Crippen molar-refractivity contribution in [1.29, 1.82) is 0 Å². The summed E-state index contributed by atoms with van der Waals surface area (Å²) < 4.78 is 0. The molecule has 0 fully saturated rings. The number of nitrogens with zero attached hydrogens (tertiary/aromatic N) is 1. The minimum atomic E-state index is -0.359. The molecule has 0 unspecified atom stereocenters. The van der Waals surface area contributed by atoms with Crippen LogP contribution in [0.4, 0.5) is 0 Å². The van der Waals surface area contributed by atoms with Gasteiger partial charge in [-0.2, -0.15) is 0 Å². The van der Waals surface area contributed by atoms with Crippen molar-refractivity contribution >= 4 is 5.97 Å². The van der Waals surface area contributed by atoms with E-state index in [2.05, 4.69) is 10.3 Å². The Morgan fingerprint density at radius 2 is 2.43 bits per heavy atom. The minimum absolute atomic E-state index is 0.359. The van der Waals surface area contributed by atoms with Gasteiger partial charge >= 0.3 is 5.97 Å². The Morgan fingerprint density at radius 1 is 1.86 bits per heavy atom. The molecular weight excluding hydrogens is 94.0 g/mol. The van der Waals surface area contributed by atoms with E-state index in [0.29, 0.717) is 6.54 Å². The highest BCUT2D eigenvalue weighted by Gasteiger charge is 1.87. The van der Waals surface area contributed by atoms with Gasteiger partial charge in [0.1, 0.15) is 0 Å². The zero-order valence-corrected chi connectivity index (χ0v) is 4.47. The highest BCUT2D eigenvalue weighted by atomic mass is 16.7. The lowest BCUT2D eigenvalue weighted by Crippen LogP contribution is -2.08. The molecule has 41 valence electrons. The minimum Gasteiger partial charge on any atom is -0.350 e. The van der Waals surface area contributed by atoms with E-state index in [1.165, 1.54) is 6.92 Å². The maximum Gasteiger partial charge on any atom is 0.324 e. The molecule has 3 nitrogen and oxygen atoms in total. The van der Waals surface area contributed by atoms with Crippen LogP contribution in [0.25, 0.3) is 0 Å². The van der Waals surface area contributed by atoms with Crippen LogP contribution in [0.5, 0.6) is 0 Å². The molecule has 0 saturated heterocycles. The number of carbonyl (C=O) groups excluding carboxylic acids is 1. The van der Waals surface area contributed by atoms with Gasteiger partial charge in [-0.15, -0.1) is 0 Å². The van der Waals surface area contributed by atoms with Crippen molar-refractivity contribution in [2.75, 3.05) is 6.54 Å². The van der Waals surface area contributed by atoms with E-state index in [1.807, 2.05) is 0 Å². The lowest BCUT2D eigenvalue weighted by Gasteiger charge is -1.91.